The number of aromatic amines is 1. The first-order chi connectivity index (χ1) is 12.3. The highest BCUT2D eigenvalue weighted by Gasteiger charge is 2.28. The molecule has 0 unspecified atom stereocenters. The fourth-order valence-corrected chi connectivity index (χ4v) is 3.50. The lowest BCUT2D eigenvalue weighted by atomic mass is 9.84. The molecule has 0 aliphatic carbocycles. The van der Waals surface area contributed by atoms with Gasteiger partial charge in [-0.25, -0.2) is 9.97 Å². The third-order valence-corrected chi connectivity index (χ3v) is 4.74. The summed E-state index contributed by atoms with van der Waals surface area (Å²) in [5.41, 5.74) is 3.12. The maximum Gasteiger partial charge on any atom is 0.154 e. The second-order valence-corrected chi connectivity index (χ2v) is 6.14. The van der Waals surface area contributed by atoms with Gasteiger partial charge in [-0.2, -0.15) is 5.26 Å². The van der Waals surface area contributed by atoms with Crippen LogP contribution < -0.4 is 5.32 Å². The van der Waals surface area contributed by atoms with E-state index in [2.05, 4.69) is 32.7 Å². The molecule has 1 aliphatic rings. The average molecular weight is 338 g/mol. The number of rotatable bonds is 3. The van der Waals surface area contributed by atoms with E-state index < -0.39 is 0 Å². The molecule has 25 heavy (non-hydrogen) atoms. The molecule has 0 spiro atoms. The number of imidazole rings is 1. The number of carbonyl (C=O) groups is 1. The van der Waals surface area contributed by atoms with Gasteiger partial charge in [-0.05, 0) is 24.9 Å². The summed E-state index contributed by atoms with van der Waals surface area (Å²) in [6.07, 6.45) is 8.81. The molecule has 0 bridgehead atoms. The Labute approximate surface area is 146 Å². The Morgan fingerprint density at radius 2 is 2.28 bits per heavy atom. The molecule has 4 heterocycles. The van der Waals surface area contributed by atoms with Crippen molar-refractivity contribution in [3.63, 3.8) is 0 Å². The lowest BCUT2D eigenvalue weighted by Crippen LogP contribution is -2.35. The highest BCUT2D eigenvalue weighted by Crippen LogP contribution is 2.32. The van der Waals surface area contributed by atoms with Crippen molar-refractivity contribution in [2.45, 2.75) is 32.1 Å². The molecule has 7 nitrogen and oxygen atoms in total. The Balaban J connectivity index is 0.000000324. The molecule has 0 saturated carbocycles. The van der Waals surface area contributed by atoms with Gasteiger partial charge in [0.1, 0.15) is 12.1 Å². The van der Waals surface area contributed by atoms with Crippen LogP contribution in [0.1, 0.15) is 37.9 Å². The highest BCUT2D eigenvalue weighted by atomic mass is 16.1. The summed E-state index contributed by atoms with van der Waals surface area (Å²) in [5.74, 6) is 2.37. The molecule has 1 fully saturated rings. The molecule has 0 aromatic carbocycles. The van der Waals surface area contributed by atoms with Gasteiger partial charge in [-0.1, -0.05) is 13.3 Å². The number of aromatic nitrogens is 4. The lowest BCUT2D eigenvalue weighted by molar-refractivity contribution is -0.107. The van der Waals surface area contributed by atoms with Crippen LogP contribution >= 0.6 is 0 Å². The lowest BCUT2D eigenvalue weighted by Gasteiger charge is -2.30. The molecule has 1 saturated heterocycles. The zero-order chi connectivity index (χ0) is 17.6. The molecule has 2 N–H and O–H groups in total. The fourth-order valence-electron chi connectivity index (χ4n) is 3.50. The molecular formula is C18H22N6O. The van der Waals surface area contributed by atoms with Gasteiger partial charge in [0.2, 0.25) is 0 Å². The van der Waals surface area contributed by atoms with Crippen LogP contribution in [0.3, 0.4) is 0 Å². The summed E-state index contributed by atoms with van der Waals surface area (Å²) in [6, 6.07) is 3.73. The molecule has 3 aromatic heterocycles. The van der Waals surface area contributed by atoms with Gasteiger partial charge in [0.25, 0.3) is 0 Å². The van der Waals surface area contributed by atoms with Crippen molar-refractivity contribution in [2.24, 2.45) is 5.92 Å². The van der Waals surface area contributed by atoms with Gasteiger partial charge in [-0.15, -0.1) is 0 Å². The highest BCUT2D eigenvalue weighted by molar-refractivity contribution is 5.75. The second-order valence-electron chi connectivity index (χ2n) is 6.14. The van der Waals surface area contributed by atoms with E-state index in [0.29, 0.717) is 18.1 Å². The first kappa shape index (κ1) is 17.1. The zero-order valence-electron chi connectivity index (χ0n) is 14.3. The van der Waals surface area contributed by atoms with E-state index >= 15 is 0 Å². The molecule has 3 aromatic rings. The third-order valence-electron chi connectivity index (χ3n) is 4.74. The number of hydrogen-bond acceptors (Lipinski definition) is 5. The summed E-state index contributed by atoms with van der Waals surface area (Å²) >= 11 is 0. The summed E-state index contributed by atoms with van der Waals surface area (Å²) in [4.78, 5) is 21.5. The van der Waals surface area contributed by atoms with Crippen LogP contribution in [0.25, 0.3) is 16.7 Å². The van der Waals surface area contributed by atoms with Gasteiger partial charge in [0, 0.05) is 18.7 Å². The first-order valence-corrected chi connectivity index (χ1v) is 8.60. The largest absolute Gasteiger partial charge is 0.345 e. The number of nitriles is 1. The predicted molar refractivity (Wildman–Crippen MR) is 95.1 cm³/mol. The quantitative estimate of drug-likeness (QED) is 0.715. The monoisotopic (exact) mass is 338 g/mol. The summed E-state index contributed by atoms with van der Waals surface area (Å²) in [7, 11) is 0. The van der Waals surface area contributed by atoms with E-state index in [4.69, 9.17) is 10.2 Å². The van der Waals surface area contributed by atoms with Crippen LogP contribution in [-0.4, -0.2) is 38.7 Å². The van der Waals surface area contributed by atoms with Gasteiger partial charge >= 0.3 is 0 Å². The zero-order valence-corrected chi connectivity index (χ0v) is 14.3. The Morgan fingerprint density at radius 3 is 3.00 bits per heavy atom. The maximum atomic E-state index is 9.18. The molecule has 0 radical (unpaired) electrons. The SMILES string of the molecule is CC[C@H]1CCNC[C@H]1c1ncc2cnc3[nH]ccc3n12.N#CCC=O. The molecule has 2 atom stereocenters. The number of nitrogens with one attached hydrogen (secondary N) is 2. The fraction of sp³-hybridized carbons (Fsp3) is 0.444. The van der Waals surface area contributed by atoms with Gasteiger partial charge in [0.15, 0.2) is 5.65 Å². The summed E-state index contributed by atoms with van der Waals surface area (Å²) < 4.78 is 2.26. The van der Waals surface area contributed by atoms with Crippen LogP contribution in [0, 0.1) is 17.2 Å². The summed E-state index contributed by atoms with van der Waals surface area (Å²) in [6.45, 7) is 4.43. The molecule has 0 amide bonds. The van der Waals surface area contributed by atoms with Crippen molar-refractivity contribution >= 4 is 23.0 Å². The van der Waals surface area contributed by atoms with E-state index in [1.165, 1.54) is 18.7 Å². The van der Waals surface area contributed by atoms with Gasteiger partial charge < -0.3 is 15.1 Å². The van der Waals surface area contributed by atoms with E-state index in [0.717, 1.165) is 29.8 Å². The average Bonchev–Trinajstić information content (AvgIpc) is 3.29. The molecule has 7 heteroatoms. The number of carbonyl (C=O) groups excluding carboxylic acids is 1. The number of nitrogens with zero attached hydrogens (tertiary/aromatic N) is 4. The molecule has 4 rings (SSSR count). The minimum absolute atomic E-state index is 0.0139. The Morgan fingerprint density at radius 1 is 1.44 bits per heavy atom. The predicted octanol–water partition coefficient (Wildman–Crippen LogP) is 2.41. The molecule has 130 valence electrons. The topological polar surface area (TPSA) is 98.9 Å². The second kappa shape index (κ2) is 7.90. The van der Waals surface area contributed by atoms with Crippen molar-refractivity contribution in [3.8, 4) is 6.07 Å². The van der Waals surface area contributed by atoms with Crippen molar-refractivity contribution < 1.29 is 4.79 Å². The molecule has 1 aliphatic heterocycles. The minimum Gasteiger partial charge on any atom is -0.345 e. The standard InChI is InChI=1S/C15H19N5.C3H3NO/c1-2-10-3-5-16-9-12(10)15-19-8-11-7-18-14-13(20(11)15)4-6-17-14;4-2-1-3-5/h4,6-8,10,12,16-17H,2-3,5,9H2,1H3;3H,1H2/t10-,12+;/m0./s1. The number of fused-ring (bicyclic) bond motifs is 3. The van der Waals surface area contributed by atoms with Gasteiger partial charge in [-0.3, -0.25) is 4.40 Å². The van der Waals surface area contributed by atoms with Crippen LogP contribution in [0.15, 0.2) is 24.7 Å². The van der Waals surface area contributed by atoms with E-state index in [9.17, 15) is 4.79 Å². The van der Waals surface area contributed by atoms with Crippen molar-refractivity contribution in [3.05, 3.63) is 30.5 Å². The van der Waals surface area contributed by atoms with Crippen molar-refractivity contribution in [1.29, 1.82) is 5.26 Å². The number of hydrogen-bond donors (Lipinski definition) is 2. The molecular weight excluding hydrogens is 316 g/mol. The van der Waals surface area contributed by atoms with E-state index in [-0.39, 0.29) is 6.42 Å². The Bertz CT molecular complexity index is 890. The van der Waals surface area contributed by atoms with E-state index in [1.54, 1.807) is 6.07 Å². The summed E-state index contributed by atoms with van der Waals surface area (Å²) in [5, 5.41) is 11.1. The smallest absolute Gasteiger partial charge is 0.154 e. The maximum absolute atomic E-state index is 9.18. The normalized spacial score (nSPS) is 20.0. The number of H-pyrrole nitrogens is 1. The van der Waals surface area contributed by atoms with Crippen LogP contribution in [0.4, 0.5) is 0 Å². The first-order valence-electron chi connectivity index (χ1n) is 8.60. The van der Waals surface area contributed by atoms with Crippen LogP contribution in [0.5, 0.6) is 0 Å². The minimum atomic E-state index is 0.0139. The van der Waals surface area contributed by atoms with Crippen LogP contribution in [-0.2, 0) is 4.79 Å². The van der Waals surface area contributed by atoms with Crippen molar-refractivity contribution in [1.82, 2.24) is 24.7 Å². The Kier molecular flexibility index (Phi) is 5.41. The van der Waals surface area contributed by atoms with Crippen LogP contribution in [0.2, 0.25) is 0 Å². The van der Waals surface area contributed by atoms with Gasteiger partial charge in [0.05, 0.1) is 35.9 Å². The Hall–Kier alpha value is -2.72. The third kappa shape index (κ3) is 3.39. The van der Waals surface area contributed by atoms with E-state index in [1.807, 2.05) is 18.6 Å². The number of aldehydes is 1. The number of piperidine rings is 1. The van der Waals surface area contributed by atoms with Crippen molar-refractivity contribution in [2.75, 3.05) is 13.1 Å².